The molecular formula is C15H19N5O2S. The molecule has 122 valence electrons. The van der Waals surface area contributed by atoms with Gasteiger partial charge in [0.25, 0.3) is 0 Å². The second kappa shape index (κ2) is 7.77. The number of aryl methyl sites for hydroxylation is 3. The maximum atomic E-state index is 11.8. The molecule has 2 rings (SSSR count). The Hall–Kier alpha value is -2.35. The molecule has 0 unspecified atom stereocenters. The molecule has 2 aromatic rings. The number of carbonyl (C=O) groups excluding carboxylic acids is 2. The van der Waals surface area contributed by atoms with E-state index in [1.165, 1.54) is 11.8 Å². The van der Waals surface area contributed by atoms with Crippen LogP contribution in [0.4, 0.5) is 10.5 Å². The van der Waals surface area contributed by atoms with E-state index in [1.54, 1.807) is 12.4 Å². The summed E-state index contributed by atoms with van der Waals surface area (Å²) in [6.45, 7) is 6.65. The highest BCUT2D eigenvalue weighted by molar-refractivity contribution is 7.99. The summed E-state index contributed by atoms with van der Waals surface area (Å²) in [5.41, 5.74) is 2.86. The number of hydrogen-bond acceptors (Lipinski definition) is 5. The molecule has 0 spiro atoms. The van der Waals surface area contributed by atoms with Crippen LogP contribution < -0.4 is 10.6 Å². The topological polar surface area (TPSA) is 88.9 Å². The SMILES string of the molecule is CCn1cnnc1SCC(=O)NC(=O)Nc1ccc(C)c(C)c1. The first-order valence-corrected chi connectivity index (χ1v) is 8.17. The summed E-state index contributed by atoms with van der Waals surface area (Å²) in [6.07, 6.45) is 1.60. The number of benzene rings is 1. The van der Waals surface area contributed by atoms with E-state index in [0.29, 0.717) is 10.8 Å². The molecule has 0 radical (unpaired) electrons. The molecule has 0 fully saturated rings. The summed E-state index contributed by atoms with van der Waals surface area (Å²) >= 11 is 1.24. The van der Waals surface area contributed by atoms with E-state index in [1.807, 2.05) is 37.5 Å². The van der Waals surface area contributed by atoms with Crippen LogP contribution in [-0.2, 0) is 11.3 Å². The van der Waals surface area contributed by atoms with Gasteiger partial charge in [-0.25, -0.2) is 4.79 Å². The van der Waals surface area contributed by atoms with Crippen LogP contribution in [-0.4, -0.2) is 32.5 Å². The number of thioether (sulfide) groups is 1. The van der Waals surface area contributed by atoms with Crippen molar-refractivity contribution in [2.75, 3.05) is 11.1 Å². The third-order valence-corrected chi connectivity index (χ3v) is 4.25. The summed E-state index contributed by atoms with van der Waals surface area (Å²) in [5.74, 6) is -0.291. The Balaban J connectivity index is 1.82. The monoisotopic (exact) mass is 333 g/mol. The minimum absolute atomic E-state index is 0.0963. The smallest absolute Gasteiger partial charge is 0.309 e. The molecule has 1 aromatic carbocycles. The lowest BCUT2D eigenvalue weighted by atomic mass is 10.1. The van der Waals surface area contributed by atoms with Gasteiger partial charge >= 0.3 is 6.03 Å². The summed E-state index contributed by atoms with van der Waals surface area (Å²) in [7, 11) is 0. The molecule has 8 heteroatoms. The molecule has 0 saturated carbocycles. The second-order valence-corrected chi connectivity index (χ2v) is 5.93. The van der Waals surface area contributed by atoms with E-state index in [-0.39, 0.29) is 11.7 Å². The quantitative estimate of drug-likeness (QED) is 0.820. The predicted molar refractivity (Wildman–Crippen MR) is 89.5 cm³/mol. The first kappa shape index (κ1) is 17.0. The van der Waals surface area contributed by atoms with E-state index in [2.05, 4.69) is 20.8 Å². The number of nitrogens with zero attached hydrogens (tertiary/aromatic N) is 3. The van der Waals surface area contributed by atoms with E-state index >= 15 is 0 Å². The molecule has 0 saturated heterocycles. The average Bonchev–Trinajstić information content (AvgIpc) is 2.96. The zero-order chi connectivity index (χ0) is 16.8. The average molecular weight is 333 g/mol. The van der Waals surface area contributed by atoms with Gasteiger partial charge in [0.1, 0.15) is 6.33 Å². The number of urea groups is 1. The van der Waals surface area contributed by atoms with Crippen molar-refractivity contribution < 1.29 is 9.59 Å². The van der Waals surface area contributed by atoms with Crippen molar-refractivity contribution in [2.45, 2.75) is 32.5 Å². The molecule has 1 aromatic heterocycles. The Morgan fingerprint density at radius 2 is 2.04 bits per heavy atom. The lowest BCUT2D eigenvalue weighted by Crippen LogP contribution is -2.35. The van der Waals surface area contributed by atoms with Gasteiger partial charge in [-0.3, -0.25) is 10.1 Å². The summed E-state index contributed by atoms with van der Waals surface area (Å²) in [4.78, 5) is 23.6. The molecule has 3 amide bonds. The van der Waals surface area contributed by atoms with Crippen LogP contribution in [0.5, 0.6) is 0 Å². The summed E-state index contributed by atoms with van der Waals surface area (Å²) in [5, 5.41) is 13.3. The zero-order valence-corrected chi connectivity index (χ0v) is 14.1. The Labute approximate surface area is 138 Å². The number of rotatable bonds is 5. The number of carbonyl (C=O) groups is 2. The van der Waals surface area contributed by atoms with Gasteiger partial charge in [0.2, 0.25) is 5.91 Å². The van der Waals surface area contributed by atoms with Crippen molar-refractivity contribution in [3.63, 3.8) is 0 Å². The molecule has 1 heterocycles. The number of hydrogen-bond donors (Lipinski definition) is 2. The predicted octanol–water partition coefficient (Wildman–Crippen LogP) is 2.36. The molecule has 23 heavy (non-hydrogen) atoms. The lowest BCUT2D eigenvalue weighted by molar-refractivity contribution is -0.117. The minimum Gasteiger partial charge on any atom is -0.309 e. The summed E-state index contributed by atoms with van der Waals surface area (Å²) in [6, 6.07) is 5.03. The molecular weight excluding hydrogens is 314 g/mol. The third kappa shape index (κ3) is 4.82. The van der Waals surface area contributed by atoms with Crippen molar-refractivity contribution in [1.82, 2.24) is 20.1 Å². The van der Waals surface area contributed by atoms with Gasteiger partial charge in [0.05, 0.1) is 5.75 Å². The standard InChI is InChI=1S/C15H19N5O2S/c1-4-20-9-16-19-15(20)23-8-13(21)18-14(22)17-12-6-5-10(2)11(3)7-12/h5-7,9H,4,8H2,1-3H3,(H2,17,18,21,22). The Morgan fingerprint density at radius 1 is 1.26 bits per heavy atom. The highest BCUT2D eigenvalue weighted by atomic mass is 32.2. The van der Waals surface area contributed by atoms with Crippen molar-refractivity contribution in [2.24, 2.45) is 0 Å². The van der Waals surface area contributed by atoms with Crippen molar-refractivity contribution in [1.29, 1.82) is 0 Å². The molecule has 0 atom stereocenters. The molecule has 0 aliphatic rings. The normalized spacial score (nSPS) is 10.4. The Morgan fingerprint density at radius 3 is 2.74 bits per heavy atom. The Bertz CT molecular complexity index is 714. The number of nitrogens with one attached hydrogen (secondary N) is 2. The van der Waals surface area contributed by atoms with Gasteiger partial charge < -0.3 is 9.88 Å². The van der Waals surface area contributed by atoms with Crippen molar-refractivity contribution in [3.05, 3.63) is 35.7 Å². The fourth-order valence-corrected chi connectivity index (χ4v) is 2.63. The molecule has 2 N–H and O–H groups in total. The number of imide groups is 1. The molecule has 0 bridgehead atoms. The fourth-order valence-electron chi connectivity index (χ4n) is 1.85. The maximum absolute atomic E-state index is 11.8. The molecule has 0 aliphatic carbocycles. The van der Waals surface area contributed by atoms with Crippen molar-refractivity contribution in [3.8, 4) is 0 Å². The molecule has 7 nitrogen and oxygen atoms in total. The van der Waals surface area contributed by atoms with Crippen LogP contribution >= 0.6 is 11.8 Å². The van der Waals surface area contributed by atoms with E-state index in [0.717, 1.165) is 17.7 Å². The van der Waals surface area contributed by atoms with Crippen LogP contribution in [0.25, 0.3) is 0 Å². The largest absolute Gasteiger partial charge is 0.325 e. The zero-order valence-electron chi connectivity index (χ0n) is 13.3. The number of amides is 3. The van der Waals surface area contributed by atoms with Gasteiger partial charge in [0.15, 0.2) is 5.16 Å². The van der Waals surface area contributed by atoms with Gasteiger partial charge in [-0.2, -0.15) is 0 Å². The second-order valence-electron chi connectivity index (χ2n) is 4.99. The third-order valence-electron chi connectivity index (χ3n) is 3.27. The summed E-state index contributed by atoms with van der Waals surface area (Å²) < 4.78 is 1.83. The van der Waals surface area contributed by atoms with E-state index in [9.17, 15) is 9.59 Å². The van der Waals surface area contributed by atoms with Gasteiger partial charge in [0, 0.05) is 12.2 Å². The van der Waals surface area contributed by atoms with Crippen LogP contribution in [0.1, 0.15) is 18.1 Å². The minimum atomic E-state index is -0.546. The highest BCUT2D eigenvalue weighted by Crippen LogP contribution is 2.15. The van der Waals surface area contributed by atoms with Gasteiger partial charge in [-0.15, -0.1) is 10.2 Å². The van der Waals surface area contributed by atoms with Crippen molar-refractivity contribution >= 4 is 29.4 Å². The van der Waals surface area contributed by atoms with Gasteiger partial charge in [-0.1, -0.05) is 17.8 Å². The van der Waals surface area contributed by atoms with Gasteiger partial charge in [-0.05, 0) is 44.0 Å². The first-order chi connectivity index (χ1) is 11.0. The molecule has 0 aliphatic heterocycles. The van der Waals surface area contributed by atoms with Crippen LogP contribution in [0.15, 0.2) is 29.7 Å². The van der Waals surface area contributed by atoms with E-state index < -0.39 is 6.03 Å². The van der Waals surface area contributed by atoms with E-state index in [4.69, 9.17) is 0 Å². The van der Waals surface area contributed by atoms with Crippen LogP contribution in [0.2, 0.25) is 0 Å². The van der Waals surface area contributed by atoms with Crippen LogP contribution in [0, 0.1) is 13.8 Å². The Kier molecular flexibility index (Phi) is 5.75. The highest BCUT2D eigenvalue weighted by Gasteiger charge is 2.11. The number of anilines is 1. The van der Waals surface area contributed by atoms with Crippen LogP contribution in [0.3, 0.4) is 0 Å². The lowest BCUT2D eigenvalue weighted by Gasteiger charge is -2.08. The maximum Gasteiger partial charge on any atom is 0.325 e. The number of aromatic nitrogens is 3. The first-order valence-electron chi connectivity index (χ1n) is 7.18. The fraction of sp³-hybridized carbons (Fsp3) is 0.333.